The molecular weight excluding hydrogens is 382 g/mol. The van der Waals surface area contributed by atoms with Gasteiger partial charge in [0, 0.05) is 38.3 Å². The Morgan fingerprint density at radius 1 is 1.13 bits per heavy atom. The molecule has 30 heavy (non-hydrogen) atoms. The average Bonchev–Trinajstić information content (AvgIpc) is 3.03. The summed E-state index contributed by atoms with van der Waals surface area (Å²) in [6.45, 7) is 13.4. The largest absolute Gasteiger partial charge is 0.483 e. The van der Waals surface area contributed by atoms with E-state index >= 15 is 0 Å². The van der Waals surface area contributed by atoms with E-state index in [2.05, 4.69) is 54.8 Å². The summed E-state index contributed by atoms with van der Waals surface area (Å²) in [6.07, 6.45) is 2.60. The van der Waals surface area contributed by atoms with Crippen molar-refractivity contribution in [3.05, 3.63) is 47.5 Å². The normalized spacial score (nSPS) is 15.1. The van der Waals surface area contributed by atoms with Crippen LogP contribution in [0.3, 0.4) is 0 Å². The van der Waals surface area contributed by atoms with E-state index in [0.29, 0.717) is 0 Å². The van der Waals surface area contributed by atoms with Gasteiger partial charge in [0.1, 0.15) is 12.2 Å². The Labute approximate surface area is 178 Å². The van der Waals surface area contributed by atoms with Crippen LogP contribution in [0.1, 0.15) is 55.9 Å². The van der Waals surface area contributed by atoms with Crippen LogP contribution in [0, 0.1) is 0 Å². The number of nitrogens with zero attached hydrogens (tertiary/aromatic N) is 5. The van der Waals surface area contributed by atoms with E-state index in [4.69, 9.17) is 9.90 Å². The van der Waals surface area contributed by atoms with Crippen LogP contribution in [0.5, 0.6) is 0 Å². The van der Waals surface area contributed by atoms with Crippen LogP contribution >= 0.6 is 0 Å². The molecule has 0 radical (unpaired) electrons. The third kappa shape index (κ3) is 6.38. The van der Waals surface area contributed by atoms with E-state index in [1.54, 1.807) is 6.33 Å². The fourth-order valence-electron chi connectivity index (χ4n) is 3.50. The molecule has 2 heterocycles. The topological polar surface area (TPSA) is 91.6 Å². The van der Waals surface area contributed by atoms with Crippen molar-refractivity contribution >= 4 is 12.4 Å². The maximum atomic E-state index is 12.9. The van der Waals surface area contributed by atoms with Crippen molar-refractivity contribution in [2.75, 3.05) is 26.2 Å². The predicted octanol–water partition coefficient (Wildman–Crippen LogP) is 2.64. The Bertz CT molecular complexity index is 811. The Morgan fingerprint density at radius 3 is 2.40 bits per heavy atom. The fourth-order valence-corrected chi connectivity index (χ4v) is 3.50. The highest BCUT2D eigenvalue weighted by atomic mass is 16.3. The Hall–Kier alpha value is -2.74. The quantitative estimate of drug-likeness (QED) is 0.772. The molecule has 1 saturated heterocycles. The SMILES string of the molecule is CCn1ncnc1CN1CCCN(C(=O)c2ccc(C(C)(C)C)cc2)CC1.O=CO. The first-order chi connectivity index (χ1) is 14.3. The lowest BCUT2D eigenvalue weighted by Gasteiger charge is -2.23. The number of hydrogen-bond acceptors (Lipinski definition) is 5. The van der Waals surface area contributed by atoms with Gasteiger partial charge in [-0.25, -0.2) is 9.67 Å². The third-order valence-corrected chi connectivity index (χ3v) is 5.23. The van der Waals surface area contributed by atoms with Gasteiger partial charge in [-0.15, -0.1) is 0 Å². The van der Waals surface area contributed by atoms with Crippen LogP contribution in [0.2, 0.25) is 0 Å². The van der Waals surface area contributed by atoms with Gasteiger partial charge in [-0.1, -0.05) is 32.9 Å². The van der Waals surface area contributed by atoms with Crippen molar-refractivity contribution in [1.82, 2.24) is 24.6 Å². The molecule has 8 nitrogen and oxygen atoms in total. The number of carbonyl (C=O) groups excluding carboxylic acids is 1. The molecule has 8 heteroatoms. The number of carbonyl (C=O) groups is 2. The molecule has 0 spiro atoms. The molecule has 0 bridgehead atoms. The zero-order valence-corrected chi connectivity index (χ0v) is 18.4. The second-order valence-electron chi connectivity index (χ2n) is 8.35. The van der Waals surface area contributed by atoms with Gasteiger partial charge >= 0.3 is 0 Å². The van der Waals surface area contributed by atoms with Crippen LogP contribution in [-0.4, -0.2) is 68.2 Å². The maximum absolute atomic E-state index is 12.9. The van der Waals surface area contributed by atoms with E-state index < -0.39 is 0 Å². The van der Waals surface area contributed by atoms with E-state index in [0.717, 1.165) is 57.1 Å². The van der Waals surface area contributed by atoms with Crippen molar-refractivity contribution in [2.45, 2.75) is 52.6 Å². The molecule has 0 unspecified atom stereocenters. The Balaban J connectivity index is 0.00000101. The van der Waals surface area contributed by atoms with Gasteiger partial charge in [0.25, 0.3) is 12.4 Å². The molecule has 1 aromatic heterocycles. The lowest BCUT2D eigenvalue weighted by Crippen LogP contribution is -2.35. The number of aryl methyl sites for hydroxylation is 1. The number of hydrogen-bond donors (Lipinski definition) is 1. The van der Waals surface area contributed by atoms with Gasteiger partial charge in [0.05, 0.1) is 6.54 Å². The van der Waals surface area contributed by atoms with Gasteiger partial charge in [-0.05, 0) is 36.5 Å². The number of aromatic nitrogens is 3. The standard InChI is InChI=1S/C21H31N5O.CH2O2/c1-5-26-19(22-16-23-26)15-24-11-6-12-25(14-13-24)20(27)17-7-9-18(10-8-17)21(2,3)4;2-1-3/h7-10,16H,5-6,11-15H2,1-4H3;1H,(H,2,3). The van der Waals surface area contributed by atoms with Crippen LogP contribution < -0.4 is 0 Å². The van der Waals surface area contributed by atoms with Crippen LogP contribution in [-0.2, 0) is 23.3 Å². The van der Waals surface area contributed by atoms with Gasteiger partial charge < -0.3 is 10.0 Å². The molecule has 164 valence electrons. The lowest BCUT2D eigenvalue weighted by atomic mass is 9.86. The minimum atomic E-state index is -0.250. The summed E-state index contributed by atoms with van der Waals surface area (Å²) < 4.78 is 1.94. The minimum Gasteiger partial charge on any atom is -0.483 e. The molecule has 3 rings (SSSR count). The minimum absolute atomic E-state index is 0.101. The molecule has 0 atom stereocenters. The third-order valence-electron chi connectivity index (χ3n) is 5.23. The van der Waals surface area contributed by atoms with E-state index in [1.807, 2.05) is 21.7 Å². The Kier molecular flexibility index (Phi) is 8.53. The van der Waals surface area contributed by atoms with Crippen molar-refractivity contribution < 1.29 is 14.7 Å². The molecule has 1 N–H and O–H groups in total. The molecule has 1 aromatic carbocycles. The van der Waals surface area contributed by atoms with E-state index in [-0.39, 0.29) is 17.8 Å². The van der Waals surface area contributed by atoms with Gasteiger partial charge in [-0.2, -0.15) is 5.10 Å². The smallest absolute Gasteiger partial charge is 0.290 e. The predicted molar refractivity (Wildman–Crippen MR) is 115 cm³/mol. The van der Waals surface area contributed by atoms with Gasteiger partial charge in [0.15, 0.2) is 0 Å². The molecule has 1 aliphatic rings. The summed E-state index contributed by atoms with van der Waals surface area (Å²) in [5.41, 5.74) is 2.13. The zero-order chi connectivity index (χ0) is 22.1. The van der Waals surface area contributed by atoms with Crippen LogP contribution in [0.25, 0.3) is 0 Å². The second-order valence-corrected chi connectivity index (χ2v) is 8.35. The Morgan fingerprint density at radius 2 is 1.80 bits per heavy atom. The molecule has 2 aromatic rings. The zero-order valence-electron chi connectivity index (χ0n) is 18.4. The summed E-state index contributed by atoms with van der Waals surface area (Å²) in [6, 6.07) is 8.09. The average molecular weight is 416 g/mol. The van der Waals surface area contributed by atoms with Crippen LogP contribution in [0.4, 0.5) is 0 Å². The number of rotatable bonds is 4. The molecule has 1 fully saturated rings. The van der Waals surface area contributed by atoms with Crippen molar-refractivity contribution in [2.24, 2.45) is 0 Å². The summed E-state index contributed by atoms with van der Waals surface area (Å²) in [5, 5.41) is 11.1. The first-order valence-corrected chi connectivity index (χ1v) is 10.4. The van der Waals surface area contributed by atoms with Crippen molar-refractivity contribution in [1.29, 1.82) is 0 Å². The first-order valence-electron chi connectivity index (χ1n) is 10.4. The summed E-state index contributed by atoms with van der Waals surface area (Å²) >= 11 is 0. The van der Waals surface area contributed by atoms with E-state index in [1.165, 1.54) is 5.56 Å². The lowest BCUT2D eigenvalue weighted by molar-refractivity contribution is -0.122. The van der Waals surface area contributed by atoms with Crippen molar-refractivity contribution in [3.8, 4) is 0 Å². The van der Waals surface area contributed by atoms with Gasteiger partial charge in [-0.3, -0.25) is 14.5 Å². The highest BCUT2D eigenvalue weighted by Gasteiger charge is 2.22. The number of amides is 1. The fraction of sp³-hybridized carbons (Fsp3) is 0.545. The summed E-state index contributed by atoms with van der Waals surface area (Å²) in [7, 11) is 0. The highest BCUT2D eigenvalue weighted by molar-refractivity contribution is 5.94. The van der Waals surface area contributed by atoms with Crippen molar-refractivity contribution in [3.63, 3.8) is 0 Å². The highest BCUT2D eigenvalue weighted by Crippen LogP contribution is 2.22. The monoisotopic (exact) mass is 415 g/mol. The summed E-state index contributed by atoms with van der Waals surface area (Å²) in [5.74, 6) is 1.13. The number of benzene rings is 1. The first kappa shape index (κ1) is 23.5. The summed E-state index contributed by atoms with van der Waals surface area (Å²) in [4.78, 5) is 30.0. The molecule has 1 amide bonds. The molecule has 0 saturated carbocycles. The maximum Gasteiger partial charge on any atom is 0.290 e. The number of carboxylic acid groups (broad SMARTS) is 1. The second kappa shape index (κ2) is 10.9. The van der Waals surface area contributed by atoms with Gasteiger partial charge in [0.2, 0.25) is 0 Å². The molecular formula is C22H33N5O3. The van der Waals surface area contributed by atoms with E-state index in [9.17, 15) is 4.79 Å². The molecule has 0 aliphatic carbocycles. The van der Waals surface area contributed by atoms with Crippen LogP contribution in [0.15, 0.2) is 30.6 Å². The molecule has 1 aliphatic heterocycles.